The van der Waals surface area contributed by atoms with Gasteiger partial charge in [0.1, 0.15) is 97.4 Å². The van der Waals surface area contributed by atoms with E-state index in [9.17, 15) is 91.1 Å². The smallest absolute Gasteiger partial charge is 0.408 e. The van der Waals surface area contributed by atoms with Crippen molar-refractivity contribution < 1.29 is 181 Å². The van der Waals surface area contributed by atoms with Gasteiger partial charge in [-0.05, 0) is 103 Å². The van der Waals surface area contributed by atoms with Crippen LogP contribution < -0.4 is 31.9 Å². The SMILES string of the molecule is CC(=O)C[C@H]1[C@H](OCCCCC(=O)NCCCNCCCNC(=O)CCOCC(COCCC(=O)CCCCCC(=O)CCCCO[C@@H]2O[C@H](COC(C)=O)[C@H](OC(C)=O)[C@H](OC(C)=O)[C@H]2NC(C)=O)(COCCC(=O)CCCCCC(=O)CCCCO[C@@H]2O[C@H](COC(C)=O)[C@H](OC(C)=O)[C@H](OC(C)=O)[C@H]2NC(C)=O)NC(=O)OCc2ccccc2)O[C@H](COC(C)=O)[C@H](OC(C)=O)[C@@H]1OC(C)=O. The highest BCUT2D eigenvalue weighted by Gasteiger charge is 2.55. The van der Waals surface area contributed by atoms with Gasteiger partial charge in [0.2, 0.25) is 23.6 Å². The molecule has 3 aliphatic rings. The van der Waals surface area contributed by atoms with E-state index in [2.05, 4.69) is 31.9 Å². The van der Waals surface area contributed by atoms with Crippen molar-refractivity contribution in [3.8, 4) is 0 Å². The van der Waals surface area contributed by atoms with E-state index in [1.54, 1.807) is 30.3 Å². The topological polar surface area (TPSA) is 572 Å². The first kappa shape index (κ1) is 121. The second-order valence-electron chi connectivity index (χ2n) is 34.3. The third kappa shape index (κ3) is 53.1. The predicted molar refractivity (Wildman–Crippen MR) is 486 cm³/mol. The second-order valence-corrected chi connectivity index (χ2v) is 34.3. The zero-order valence-electron chi connectivity index (χ0n) is 82.3. The fourth-order valence-electron chi connectivity index (χ4n) is 15.3. The normalized spacial score (nSPS) is 21.0. The Hall–Kier alpha value is -10.5. The minimum absolute atomic E-state index is 0.0192. The summed E-state index contributed by atoms with van der Waals surface area (Å²) in [6.07, 6.45) is -7.65. The second kappa shape index (κ2) is 68.6. The lowest BCUT2D eigenvalue weighted by Gasteiger charge is -2.44. The molecule has 0 aromatic heterocycles. The fraction of sp³-hybridized carbons (Fsp3) is 0.737. The summed E-state index contributed by atoms with van der Waals surface area (Å²) in [5.41, 5.74) is -0.838. The van der Waals surface area contributed by atoms with Crippen LogP contribution in [0.2, 0.25) is 0 Å². The zero-order chi connectivity index (χ0) is 103. The van der Waals surface area contributed by atoms with Gasteiger partial charge in [-0.3, -0.25) is 81.5 Å². The number of carbonyl (C=O) groups excluding carboxylic acids is 19. The minimum atomic E-state index is -1.52. The lowest BCUT2D eigenvalue weighted by atomic mass is 9.86. The van der Waals surface area contributed by atoms with Gasteiger partial charge in [-0.15, -0.1) is 0 Å². The third-order valence-electron chi connectivity index (χ3n) is 21.6. The Morgan fingerprint density at radius 3 is 1.03 bits per heavy atom. The van der Waals surface area contributed by atoms with Crippen LogP contribution in [-0.2, 0) is 183 Å². The molecule has 4 rings (SSSR count). The molecule has 784 valence electrons. The van der Waals surface area contributed by atoms with Gasteiger partial charge < -0.3 is 127 Å². The minimum Gasteiger partial charge on any atom is -0.463 e. The molecule has 6 N–H and O–H groups in total. The van der Waals surface area contributed by atoms with Crippen molar-refractivity contribution in [1.82, 2.24) is 31.9 Å². The summed E-state index contributed by atoms with van der Waals surface area (Å²) in [6.45, 7) is 13.6. The Labute approximate surface area is 810 Å². The van der Waals surface area contributed by atoms with Crippen molar-refractivity contribution in [2.75, 3.05) is 105 Å². The summed E-state index contributed by atoms with van der Waals surface area (Å²) in [5.74, 6) is -9.48. The van der Waals surface area contributed by atoms with Crippen LogP contribution in [0.3, 0.4) is 0 Å². The molecule has 3 heterocycles. The number of Topliss-reactive ketones (excluding diaryl/α,β-unsaturated/α-hetero) is 5. The molecule has 0 aliphatic carbocycles. The number of ether oxygens (including phenoxy) is 19. The molecule has 0 bridgehead atoms. The van der Waals surface area contributed by atoms with Crippen molar-refractivity contribution >= 4 is 112 Å². The van der Waals surface area contributed by atoms with E-state index in [0.717, 1.165) is 41.5 Å². The molecular formula is C95H146N6O38. The number of rotatable bonds is 72. The standard InChI is InChI=1S/C95H146N6O38/c1-60(102)52-77-85(131-66(7)108)86(132-67(8)109)78(54-127-63(4)105)137-91(77)124-46-27-24-38-81(118)97-44-28-42-96-43-29-45-98-82(119)41-51-123-59-95(101-94(120)130-53-72-30-16-13-17-31-72,57-121-49-39-75(116)34-20-14-18-32-73(114)36-22-25-47-125-92-83(99-61(2)103)89(135-70(11)112)87(133-68(9)110)79(138-92)55-128-64(5)106)58-122-50-40-76(117)35-21-15-19-33-74(115)37-23-26-48-126-93-84(100-62(3)104)90(136-71(12)113)88(134-69(10)111)80(139-93)56-129-65(6)107/h13,16-17,30-31,77-80,83-93,96H,14-15,18-29,32-59H2,1-12H3,(H,97,118)(H,98,119)(H,99,103)(H,100,104)(H,101,120)/t77-,78-,79-,80-,83-,84-,85-,86+,87+,88+,89-,90-,91-,92-,93-/m1/s1. The first-order chi connectivity index (χ1) is 66.2. The van der Waals surface area contributed by atoms with Crippen LogP contribution in [0.5, 0.6) is 0 Å². The molecule has 0 spiro atoms. The third-order valence-corrected chi connectivity index (χ3v) is 21.6. The summed E-state index contributed by atoms with van der Waals surface area (Å²) >= 11 is 0. The summed E-state index contributed by atoms with van der Waals surface area (Å²) in [7, 11) is 0. The average molecular weight is 1980 g/mol. The molecule has 139 heavy (non-hydrogen) atoms. The van der Waals surface area contributed by atoms with Gasteiger partial charge in [-0.1, -0.05) is 43.2 Å². The predicted octanol–water partition coefficient (Wildman–Crippen LogP) is 5.27. The number of alkyl carbamates (subject to hydrolysis) is 1. The van der Waals surface area contributed by atoms with Gasteiger partial charge >= 0.3 is 59.8 Å². The molecule has 1 aromatic rings. The Morgan fingerprint density at radius 2 is 0.655 bits per heavy atom. The lowest BCUT2D eigenvalue weighted by molar-refractivity contribution is -0.291. The van der Waals surface area contributed by atoms with Crippen LogP contribution in [0, 0.1) is 5.92 Å². The highest BCUT2D eigenvalue weighted by Crippen LogP contribution is 2.36. The van der Waals surface area contributed by atoms with E-state index in [4.69, 9.17) is 90.0 Å². The summed E-state index contributed by atoms with van der Waals surface area (Å²) in [6, 6.07) is 6.59. The largest absolute Gasteiger partial charge is 0.463 e. The summed E-state index contributed by atoms with van der Waals surface area (Å²) < 4.78 is 109. The van der Waals surface area contributed by atoms with Crippen molar-refractivity contribution in [2.24, 2.45) is 5.92 Å². The Balaban J connectivity index is 1.30. The van der Waals surface area contributed by atoms with Gasteiger partial charge in [-0.2, -0.15) is 0 Å². The maximum absolute atomic E-state index is 13.8. The highest BCUT2D eigenvalue weighted by molar-refractivity contribution is 5.81. The molecule has 5 amide bonds. The van der Waals surface area contributed by atoms with Crippen molar-refractivity contribution in [1.29, 1.82) is 0 Å². The van der Waals surface area contributed by atoms with Crippen LogP contribution in [0.1, 0.15) is 249 Å². The van der Waals surface area contributed by atoms with Crippen LogP contribution in [-0.4, -0.2) is 309 Å². The Kier molecular flexibility index (Phi) is 59.7. The van der Waals surface area contributed by atoms with Gasteiger partial charge in [0.05, 0.1) is 45.6 Å². The van der Waals surface area contributed by atoms with Gasteiger partial charge in [0.15, 0.2) is 49.4 Å². The number of nitrogens with one attached hydrogen (secondary N) is 6. The van der Waals surface area contributed by atoms with E-state index in [0.29, 0.717) is 122 Å². The van der Waals surface area contributed by atoms with Crippen molar-refractivity contribution in [2.45, 2.75) is 342 Å². The number of esters is 9. The number of hydrogen-bond acceptors (Lipinski definition) is 39. The number of unbranched alkanes of at least 4 members (excludes halogenated alkanes) is 7. The highest BCUT2D eigenvalue weighted by atomic mass is 16.7. The fourth-order valence-corrected chi connectivity index (χ4v) is 15.3. The molecule has 44 nitrogen and oxygen atoms in total. The van der Waals surface area contributed by atoms with E-state index in [1.165, 1.54) is 41.5 Å². The van der Waals surface area contributed by atoms with E-state index in [1.807, 2.05) is 0 Å². The van der Waals surface area contributed by atoms with Gasteiger partial charge in [-0.25, -0.2) is 4.79 Å². The monoisotopic (exact) mass is 1980 g/mol. The number of hydrogen-bond donors (Lipinski definition) is 6. The van der Waals surface area contributed by atoms with Gasteiger partial charge in [0.25, 0.3) is 0 Å². The molecule has 3 aliphatic heterocycles. The van der Waals surface area contributed by atoms with Crippen LogP contribution in [0.15, 0.2) is 30.3 Å². The van der Waals surface area contributed by atoms with Crippen LogP contribution in [0.25, 0.3) is 0 Å². The van der Waals surface area contributed by atoms with E-state index in [-0.39, 0.29) is 184 Å². The number of benzene rings is 1. The molecule has 1 aromatic carbocycles. The number of amides is 5. The summed E-state index contributed by atoms with van der Waals surface area (Å²) in [4.78, 5) is 238. The molecule has 0 radical (unpaired) electrons. The molecule has 15 atom stereocenters. The summed E-state index contributed by atoms with van der Waals surface area (Å²) in [5, 5.41) is 17.2. The molecule has 44 heteroatoms. The number of ketones is 5. The molecule has 3 fully saturated rings. The Morgan fingerprint density at radius 1 is 0.324 bits per heavy atom. The quantitative estimate of drug-likeness (QED) is 0.0275. The molecule has 0 unspecified atom stereocenters. The van der Waals surface area contributed by atoms with Crippen LogP contribution >= 0.6 is 0 Å². The molecule has 3 saturated heterocycles. The lowest BCUT2D eigenvalue weighted by Crippen LogP contribution is -2.66. The van der Waals surface area contributed by atoms with Gasteiger partial charge in [0, 0.05) is 180 Å². The van der Waals surface area contributed by atoms with E-state index < -0.39 is 182 Å². The number of carbonyl (C=O) groups is 19. The van der Waals surface area contributed by atoms with Crippen LogP contribution in [0.4, 0.5) is 4.79 Å². The van der Waals surface area contributed by atoms with Crippen molar-refractivity contribution in [3.05, 3.63) is 35.9 Å². The van der Waals surface area contributed by atoms with E-state index >= 15 is 0 Å². The molecule has 0 saturated carbocycles. The molecular weight excluding hydrogens is 1830 g/mol. The maximum atomic E-state index is 13.8. The first-order valence-electron chi connectivity index (χ1n) is 47.5. The average Bonchev–Trinajstić information content (AvgIpc) is 0.793. The Bertz CT molecular complexity index is 3900. The van der Waals surface area contributed by atoms with Crippen molar-refractivity contribution in [3.63, 3.8) is 0 Å². The zero-order valence-corrected chi connectivity index (χ0v) is 82.3. The maximum Gasteiger partial charge on any atom is 0.408 e. The first-order valence-corrected chi connectivity index (χ1v) is 47.5.